The fraction of sp³-hybridized carbons (Fsp3) is 0.500. The molecule has 1 saturated heterocycles. The normalized spacial score (nSPS) is 20.4. The number of aromatic nitrogens is 2. The van der Waals surface area contributed by atoms with Gasteiger partial charge in [0.2, 0.25) is 5.91 Å². The quantitative estimate of drug-likeness (QED) is 0.879. The molecule has 0 unspecified atom stereocenters. The molecule has 0 bridgehead atoms. The van der Waals surface area contributed by atoms with E-state index in [0.717, 1.165) is 31.4 Å². The third-order valence-corrected chi connectivity index (χ3v) is 4.81. The summed E-state index contributed by atoms with van der Waals surface area (Å²) in [7, 11) is 1.89. The molecule has 1 aromatic heterocycles. The number of nitrogens with one attached hydrogen (secondary N) is 1. The van der Waals surface area contributed by atoms with E-state index in [0.29, 0.717) is 18.9 Å². The summed E-state index contributed by atoms with van der Waals surface area (Å²) in [5.74, 6) is 0.427. The third kappa shape index (κ3) is 4.92. The Bertz CT molecular complexity index is 693. The molecule has 1 N–H and O–H groups in total. The van der Waals surface area contributed by atoms with Crippen molar-refractivity contribution in [3.8, 4) is 0 Å². The van der Waals surface area contributed by atoms with Crippen LogP contribution in [0, 0.1) is 12.8 Å². The molecule has 2 aromatic rings. The first-order valence-corrected chi connectivity index (χ1v) is 9.04. The van der Waals surface area contributed by atoms with Gasteiger partial charge in [-0.2, -0.15) is 5.10 Å². The highest BCUT2D eigenvalue weighted by molar-refractivity contribution is 5.76. The molecule has 0 saturated carbocycles. The van der Waals surface area contributed by atoms with Gasteiger partial charge < -0.3 is 10.1 Å². The maximum Gasteiger partial charge on any atom is 0.220 e. The minimum atomic E-state index is 0.0768. The fourth-order valence-electron chi connectivity index (χ4n) is 3.37. The van der Waals surface area contributed by atoms with E-state index in [1.807, 2.05) is 19.4 Å². The van der Waals surface area contributed by atoms with E-state index in [4.69, 9.17) is 4.74 Å². The maximum atomic E-state index is 12.2. The largest absolute Gasteiger partial charge is 0.373 e. The van der Waals surface area contributed by atoms with Crippen molar-refractivity contribution < 1.29 is 9.53 Å². The second kappa shape index (κ2) is 8.30. The predicted octanol–water partition coefficient (Wildman–Crippen LogP) is 2.95. The lowest BCUT2D eigenvalue weighted by molar-refractivity contribution is -0.121. The van der Waals surface area contributed by atoms with Crippen molar-refractivity contribution in [1.82, 2.24) is 15.1 Å². The van der Waals surface area contributed by atoms with Crippen molar-refractivity contribution in [2.45, 2.75) is 38.7 Å². The number of rotatable bonds is 6. The smallest absolute Gasteiger partial charge is 0.220 e. The van der Waals surface area contributed by atoms with Crippen LogP contribution in [0.1, 0.15) is 42.1 Å². The van der Waals surface area contributed by atoms with Crippen LogP contribution < -0.4 is 5.32 Å². The SMILES string of the molecule is Cc1ccc([C@H]2OCCC[C@H]2CNC(=O)CCc2cnn(C)c2)cc1. The molecule has 0 spiro atoms. The molecule has 0 aliphatic carbocycles. The Morgan fingerprint density at radius 1 is 1.36 bits per heavy atom. The summed E-state index contributed by atoms with van der Waals surface area (Å²) in [6.07, 6.45) is 7.20. The van der Waals surface area contributed by atoms with Gasteiger partial charge in [-0.3, -0.25) is 9.48 Å². The van der Waals surface area contributed by atoms with E-state index in [1.54, 1.807) is 4.68 Å². The monoisotopic (exact) mass is 341 g/mol. The highest BCUT2D eigenvalue weighted by Crippen LogP contribution is 2.33. The van der Waals surface area contributed by atoms with Gasteiger partial charge in [0, 0.05) is 38.7 Å². The Balaban J connectivity index is 1.51. The van der Waals surface area contributed by atoms with Crippen molar-refractivity contribution in [3.05, 3.63) is 53.3 Å². The molecule has 2 heterocycles. The van der Waals surface area contributed by atoms with Gasteiger partial charge in [0.15, 0.2) is 0 Å². The van der Waals surface area contributed by atoms with Crippen molar-refractivity contribution in [1.29, 1.82) is 0 Å². The molecular weight excluding hydrogens is 314 g/mol. The van der Waals surface area contributed by atoms with Gasteiger partial charge in [-0.15, -0.1) is 0 Å². The molecule has 25 heavy (non-hydrogen) atoms. The van der Waals surface area contributed by atoms with E-state index in [2.05, 4.69) is 41.6 Å². The van der Waals surface area contributed by atoms with Gasteiger partial charge in [-0.05, 0) is 37.3 Å². The Morgan fingerprint density at radius 2 is 2.16 bits per heavy atom. The minimum absolute atomic E-state index is 0.0768. The second-order valence-corrected chi connectivity index (χ2v) is 6.93. The van der Waals surface area contributed by atoms with E-state index >= 15 is 0 Å². The number of amides is 1. The van der Waals surface area contributed by atoms with Crippen LogP contribution >= 0.6 is 0 Å². The third-order valence-electron chi connectivity index (χ3n) is 4.81. The van der Waals surface area contributed by atoms with Crippen LogP contribution in [0.2, 0.25) is 0 Å². The number of benzene rings is 1. The first-order chi connectivity index (χ1) is 12.1. The molecule has 2 atom stereocenters. The second-order valence-electron chi connectivity index (χ2n) is 6.93. The lowest BCUT2D eigenvalue weighted by Gasteiger charge is -2.32. The van der Waals surface area contributed by atoms with Gasteiger partial charge in [-0.1, -0.05) is 29.8 Å². The molecule has 1 aliphatic rings. The van der Waals surface area contributed by atoms with Gasteiger partial charge in [0.25, 0.3) is 0 Å². The van der Waals surface area contributed by atoms with E-state index in [1.165, 1.54) is 11.1 Å². The van der Waals surface area contributed by atoms with Gasteiger partial charge >= 0.3 is 0 Å². The first kappa shape index (κ1) is 17.7. The zero-order valence-corrected chi connectivity index (χ0v) is 15.1. The first-order valence-electron chi connectivity index (χ1n) is 9.04. The number of hydrogen-bond donors (Lipinski definition) is 1. The molecule has 1 aliphatic heterocycles. The average molecular weight is 341 g/mol. The number of carbonyl (C=O) groups excluding carboxylic acids is 1. The molecule has 3 rings (SSSR count). The van der Waals surface area contributed by atoms with Crippen LogP contribution in [0.5, 0.6) is 0 Å². The Labute approximate surface area is 149 Å². The highest BCUT2D eigenvalue weighted by atomic mass is 16.5. The zero-order valence-electron chi connectivity index (χ0n) is 15.1. The number of nitrogens with zero attached hydrogens (tertiary/aromatic N) is 2. The zero-order chi connectivity index (χ0) is 17.6. The van der Waals surface area contributed by atoms with E-state index in [9.17, 15) is 4.79 Å². The van der Waals surface area contributed by atoms with Crippen molar-refractivity contribution in [2.75, 3.05) is 13.2 Å². The summed E-state index contributed by atoms with van der Waals surface area (Å²) in [5.41, 5.74) is 3.55. The lowest BCUT2D eigenvalue weighted by atomic mass is 9.89. The summed E-state index contributed by atoms with van der Waals surface area (Å²) in [6.45, 7) is 3.56. The topological polar surface area (TPSA) is 56.1 Å². The summed E-state index contributed by atoms with van der Waals surface area (Å²) in [6, 6.07) is 8.53. The summed E-state index contributed by atoms with van der Waals surface area (Å²) >= 11 is 0. The number of aryl methyl sites for hydroxylation is 3. The van der Waals surface area contributed by atoms with E-state index in [-0.39, 0.29) is 12.0 Å². The maximum absolute atomic E-state index is 12.2. The van der Waals surface area contributed by atoms with Gasteiger partial charge in [0.05, 0.1) is 12.3 Å². The van der Waals surface area contributed by atoms with Crippen LogP contribution in [0.4, 0.5) is 0 Å². The van der Waals surface area contributed by atoms with E-state index < -0.39 is 0 Å². The van der Waals surface area contributed by atoms with Crippen molar-refractivity contribution >= 4 is 5.91 Å². The van der Waals surface area contributed by atoms with Gasteiger partial charge in [0.1, 0.15) is 0 Å². The molecule has 1 aromatic carbocycles. The fourth-order valence-corrected chi connectivity index (χ4v) is 3.37. The molecule has 5 nitrogen and oxygen atoms in total. The lowest BCUT2D eigenvalue weighted by Crippen LogP contribution is -2.35. The van der Waals surface area contributed by atoms with Crippen LogP contribution in [0.15, 0.2) is 36.7 Å². The number of carbonyl (C=O) groups is 1. The highest BCUT2D eigenvalue weighted by Gasteiger charge is 2.27. The Morgan fingerprint density at radius 3 is 2.88 bits per heavy atom. The molecular formula is C20H27N3O2. The van der Waals surface area contributed by atoms with Crippen molar-refractivity contribution in [3.63, 3.8) is 0 Å². The predicted molar refractivity (Wildman–Crippen MR) is 97.1 cm³/mol. The van der Waals surface area contributed by atoms with Crippen LogP contribution in [0.3, 0.4) is 0 Å². The molecule has 5 heteroatoms. The number of hydrogen-bond acceptors (Lipinski definition) is 3. The van der Waals surface area contributed by atoms with Gasteiger partial charge in [-0.25, -0.2) is 0 Å². The van der Waals surface area contributed by atoms with Crippen LogP contribution in [-0.2, 0) is 23.0 Å². The molecule has 1 fully saturated rings. The number of ether oxygens (including phenoxy) is 1. The average Bonchev–Trinajstić information content (AvgIpc) is 3.04. The van der Waals surface area contributed by atoms with Crippen LogP contribution in [0.25, 0.3) is 0 Å². The van der Waals surface area contributed by atoms with Crippen molar-refractivity contribution in [2.24, 2.45) is 13.0 Å². The Kier molecular flexibility index (Phi) is 5.87. The standard InChI is InChI=1S/C20H27N3O2/c1-15-5-8-17(9-6-15)20-18(4-3-11-25-20)13-21-19(24)10-7-16-12-22-23(2)14-16/h5-6,8-9,12,14,18,20H,3-4,7,10-11,13H2,1-2H3,(H,21,24)/t18-,20+/m0/s1. The summed E-state index contributed by atoms with van der Waals surface area (Å²) < 4.78 is 7.78. The summed E-state index contributed by atoms with van der Waals surface area (Å²) in [5, 5.41) is 7.23. The van der Waals surface area contributed by atoms with Crippen LogP contribution in [-0.4, -0.2) is 28.8 Å². The molecule has 134 valence electrons. The molecule has 1 amide bonds. The Hall–Kier alpha value is -2.14. The minimum Gasteiger partial charge on any atom is -0.373 e. The molecule has 0 radical (unpaired) electrons. The summed E-state index contributed by atoms with van der Waals surface area (Å²) in [4.78, 5) is 12.2.